The molecule has 1 amide bonds. The molecule has 8 atom stereocenters. The fourth-order valence-electron chi connectivity index (χ4n) is 3.35. The van der Waals surface area contributed by atoms with E-state index >= 15 is 0 Å². The number of carbonyl (C=O) groups excluding carboxylic acids is 1. The number of aliphatic carboxylic acids is 1. The van der Waals surface area contributed by atoms with Crippen LogP contribution in [0.4, 0.5) is 0 Å². The minimum Gasteiger partial charge on any atom is -0.506 e. The van der Waals surface area contributed by atoms with Crippen LogP contribution in [0.1, 0.15) is 6.92 Å². The molecule has 1 unspecified atom stereocenters. The zero-order chi connectivity index (χ0) is 30.1. The number of rotatable bonds is 11. The summed E-state index contributed by atoms with van der Waals surface area (Å²) in [5.41, 5.74) is 0. The highest BCUT2D eigenvalue weighted by molar-refractivity contribution is 7.81. The molecule has 8 N–H and O–H groups in total. The molecule has 0 bridgehead atoms. The Hall–Kier alpha value is -2.27. The molecule has 1 fully saturated rings. The second-order valence-corrected chi connectivity index (χ2v) is 10.7. The molecule has 22 nitrogen and oxygen atoms in total. The second-order valence-electron chi connectivity index (χ2n) is 7.53. The van der Waals surface area contributed by atoms with Crippen LogP contribution in [0.25, 0.3) is 0 Å². The summed E-state index contributed by atoms with van der Waals surface area (Å²) < 4.78 is 122. The minimum atomic E-state index is -5.56. The topological polar surface area (TPSA) is 346 Å². The molecule has 0 aromatic rings. The van der Waals surface area contributed by atoms with Crippen LogP contribution in [0.5, 0.6) is 0 Å². The number of aliphatic hydroxyl groups excluding tert-OH is 3. The van der Waals surface area contributed by atoms with Crippen LogP contribution in [-0.2, 0) is 67.5 Å². The van der Waals surface area contributed by atoms with Crippen molar-refractivity contribution in [1.29, 1.82) is 0 Å². The standard InChI is InChI=1S/C14H21NO21S3/c1-3(16)15-5-9(8(35-38(25,26)27)4(32-13(5)21)2-31-37(22,23)24)33-14-11(36-39(28,29)30)7(18)6(17)10(34-14)12(19)20/h4-5,7-9,11,13-14,17-18,21H,2H2,1H3,(H,15,16)(H,19,20)(H,22,23,24)(H,25,26,27)(H,28,29,30)/t4-,5-,7+,8+,9-,11-,13?,14-/m1/s1. The molecule has 2 rings (SSSR count). The molecule has 0 spiro atoms. The molecule has 2 aliphatic heterocycles. The molecule has 0 aliphatic carbocycles. The van der Waals surface area contributed by atoms with Crippen molar-refractivity contribution in [3.63, 3.8) is 0 Å². The number of carbonyl (C=O) groups is 2. The Bertz CT molecular complexity index is 1290. The zero-order valence-corrected chi connectivity index (χ0v) is 21.3. The van der Waals surface area contributed by atoms with Gasteiger partial charge in [0.05, 0.1) is 6.61 Å². The van der Waals surface area contributed by atoms with E-state index in [1.54, 1.807) is 0 Å². The van der Waals surface area contributed by atoms with E-state index in [-0.39, 0.29) is 0 Å². The first kappa shape index (κ1) is 32.9. The van der Waals surface area contributed by atoms with E-state index in [9.17, 15) is 59.8 Å². The summed E-state index contributed by atoms with van der Waals surface area (Å²) in [4.78, 5) is 23.1. The third kappa shape index (κ3) is 9.41. The number of hydrogen-bond acceptors (Lipinski definition) is 17. The van der Waals surface area contributed by atoms with Crippen LogP contribution in [-0.4, -0.2) is 127 Å². The summed E-state index contributed by atoms with van der Waals surface area (Å²) in [6.45, 7) is -0.521. The van der Waals surface area contributed by atoms with Gasteiger partial charge in [0.2, 0.25) is 18.0 Å². The molecule has 0 saturated carbocycles. The maximum atomic E-state index is 11.7. The molecule has 1 saturated heterocycles. The molecule has 226 valence electrons. The monoisotopic (exact) mass is 635 g/mol. The van der Waals surface area contributed by atoms with Crippen LogP contribution in [0.2, 0.25) is 0 Å². The summed E-state index contributed by atoms with van der Waals surface area (Å²) in [5, 5.41) is 41.6. The molecule has 39 heavy (non-hydrogen) atoms. The Labute approximate surface area is 218 Å². The highest BCUT2D eigenvalue weighted by Crippen LogP contribution is 2.33. The minimum absolute atomic E-state index is 0.852. The van der Waals surface area contributed by atoms with Gasteiger partial charge in [-0.15, -0.1) is 0 Å². The van der Waals surface area contributed by atoms with Crippen molar-refractivity contribution >= 4 is 43.1 Å². The maximum Gasteiger partial charge on any atom is 0.397 e. The lowest BCUT2D eigenvalue weighted by Gasteiger charge is -2.45. The van der Waals surface area contributed by atoms with Crippen LogP contribution in [0.15, 0.2) is 11.5 Å². The van der Waals surface area contributed by atoms with E-state index in [1.165, 1.54) is 0 Å². The summed E-state index contributed by atoms with van der Waals surface area (Å²) in [6.07, 6.45) is -17.0. The normalized spacial score (nSPS) is 32.4. The zero-order valence-electron chi connectivity index (χ0n) is 18.9. The fraction of sp³-hybridized carbons (Fsp3) is 0.714. The number of amides is 1. The van der Waals surface area contributed by atoms with E-state index in [2.05, 4.69) is 12.5 Å². The SMILES string of the molecule is CC(=O)N[C@H]1C(O)O[C@H](COS(=O)(=O)O)[C@H](OS(=O)(=O)O)[C@@H]1O[C@@H]1OC(C(=O)O)=C(O)[C@H](O)[C@H]1OS(=O)(=O)O. The molecule has 2 heterocycles. The van der Waals surface area contributed by atoms with Crippen molar-refractivity contribution < 1.29 is 95.7 Å². The molecular weight excluding hydrogens is 614 g/mol. The van der Waals surface area contributed by atoms with E-state index in [4.69, 9.17) is 23.3 Å². The predicted molar refractivity (Wildman–Crippen MR) is 112 cm³/mol. The fourth-order valence-corrected chi connectivity index (χ4v) is 4.65. The highest BCUT2D eigenvalue weighted by Gasteiger charge is 2.54. The van der Waals surface area contributed by atoms with Crippen molar-refractivity contribution in [3.05, 3.63) is 11.5 Å². The maximum absolute atomic E-state index is 11.7. The first-order chi connectivity index (χ1) is 17.6. The lowest BCUT2D eigenvalue weighted by Crippen LogP contribution is -2.67. The first-order valence-electron chi connectivity index (χ1n) is 9.80. The smallest absolute Gasteiger partial charge is 0.397 e. The van der Waals surface area contributed by atoms with Gasteiger partial charge in [-0.05, 0) is 0 Å². The van der Waals surface area contributed by atoms with Gasteiger partial charge in [-0.1, -0.05) is 0 Å². The second kappa shape index (κ2) is 12.1. The number of hydrogen-bond donors (Lipinski definition) is 8. The van der Waals surface area contributed by atoms with Crippen LogP contribution in [0, 0.1) is 0 Å². The number of nitrogens with one attached hydrogen (secondary N) is 1. The van der Waals surface area contributed by atoms with Crippen molar-refractivity contribution in [2.24, 2.45) is 0 Å². The number of carboxylic acids is 1. The first-order valence-corrected chi connectivity index (χ1v) is 13.9. The van der Waals surface area contributed by atoms with Crippen LogP contribution < -0.4 is 5.32 Å². The number of ether oxygens (including phenoxy) is 3. The van der Waals surface area contributed by atoms with E-state index in [0.717, 1.165) is 6.92 Å². The Morgan fingerprint density at radius 2 is 1.46 bits per heavy atom. The van der Waals surface area contributed by atoms with Gasteiger partial charge in [-0.2, -0.15) is 25.3 Å². The van der Waals surface area contributed by atoms with Gasteiger partial charge in [-0.25, -0.2) is 17.3 Å². The predicted octanol–water partition coefficient (Wildman–Crippen LogP) is -4.64. The van der Waals surface area contributed by atoms with Gasteiger partial charge in [0.25, 0.3) is 0 Å². The van der Waals surface area contributed by atoms with Gasteiger partial charge in [0, 0.05) is 6.92 Å². The number of aliphatic hydroxyl groups is 3. The molecule has 0 aromatic carbocycles. The van der Waals surface area contributed by atoms with Gasteiger partial charge in [0.1, 0.15) is 30.5 Å². The summed E-state index contributed by atoms with van der Waals surface area (Å²) in [6, 6.07) is -2.00. The third-order valence-electron chi connectivity index (χ3n) is 4.69. The largest absolute Gasteiger partial charge is 0.506 e. The Morgan fingerprint density at radius 1 is 0.923 bits per heavy atom. The molecule has 0 radical (unpaired) electrons. The lowest BCUT2D eigenvalue weighted by molar-refractivity contribution is -0.298. The third-order valence-corrected chi connectivity index (χ3v) is 6.06. The highest BCUT2D eigenvalue weighted by atomic mass is 32.3. The van der Waals surface area contributed by atoms with E-state index < -0.39 is 110 Å². The number of carboxylic acid groups (broad SMARTS) is 1. The quantitative estimate of drug-likeness (QED) is 0.0989. The molecule has 0 aromatic heterocycles. The Morgan fingerprint density at radius 3 is 1.92 bits per heavy atom. The van der Waals surface area contributed by atoms with E-state index in [1.807, 2.05) is 5.32 Å². The van der Waals surface area contributed by atoms with Crippen molar-refractivity contribution in [3.8, 4) is 0 Å². The molecule has 2 aliphatic rings. The van der Waals surface area contributed by atoms with E-state index in [0.29, 0.717) is 0 Å². The summed E-state index contributed by atoms with van der Waals surface area (Å²) in [5.74, 6) is -6.09. The average Bonchev–Trinajstić information content (AvgIpc) is 2.73. The lowest BCUT2D eigenvalue weighted by atomic mass is 9.96. The van der Waals surface area contributed by atoms with Gasteiger partial charge in [-0.3, -0.25) is 18.5 Å². The van der Waals surface area contributed by atoms with Crippen molar-refractivity contribution in [2.45, 2.75) is 56.1 Å². The average molecular weight is 636 g/mol. The van der Waals surface area contributed by atoms with Gasteiger partial charge >= 0.3 is 37.2 Å². The van der Waals surface area contributed by atoms with Crippen molar-refractivity contribution in [1.82, 2.24) is 5.32 Å². The van der Waals surface area contributed by atoms with Crippen LogP contribution >= 0.6 is 0 Å². The Kier molecular flexibility index (Phi) is 10.2. The van der Waals surface area contributed by atoms with Gasteiger partial charge < -0.3 is 40.0 Å². The van der Waals surface area contributed by atoms with Crippen LogP contribution in [0.3, 0.4) is 0 Å². The molecule has 25 heteroatoms. The van der Waals surface area contributed by atoms with Gasteiger partial charge in [0.15, 0.2) is 18.2 Å². The molecular formula is C14H21NO21S3. The summed E-state index contributed by atoms with van der Waals surface area (Å²) in [7, 11) is -16.4. The summed E-state index contributed by atoms with van der Waals surface area (Å²) >= 11 is 0. The Balaban J connectivity index is 2.64. The van der Waals surface area contributed by atoms with Crippen molar-refractivity contribution in [2.75, 3.05) is 6.61 Å².